The van der Waals surface area contributed by atoms with Crippen LogP contribution >= 0.6 is 7.82 Å². The molecule has 0 aliphatic carbocycles. The van der Waals surface area contributed by atoms with Crippen LogP contribution in [0.25, 0.3) is 0 Å². The van der Waals surface area contributed by atoms with E-state index >= 15 is 0 Å². The molecule has 60 heavy (non-hydrogen) atoms. The van der Waals surface area contributed by atoms with Gasteiger partial charge in [0.2, 0.25) is 0 Å². The Hall–Kier alpha value is -3.33. The smallest absolute Gasteiger partial charge is 0.306 e. The van der Waals surface area contributed by atoms with Crippen molar-refractivity contribution in [2.75, 3.05) is 47.5 Å². The van der Waals surface area contributed by atoms with Crippen molar-refractivity contribution in [2.45, 2.75) is 148 Å². The molecule has 10 heteroatoms. The van der Waals surface area contributed by atoms with Gasteiger partial charge in [-0.25, -0.2) is 0 Å². The van der Waals surface area contributed by atoms with Crippen molar-refractivity contribution >= 4 is 19.8 Å². The number of quaternary nitrogens is 1. The van der Waals surface area contributed by atoms with E-state index in [0.717, 1.165) is 64.2 Å². The van der Waals surface area contributed by atoms with Gasteiger partial charge in [-0.15, -0.1) is 0 Å². The number of carbonyl (C=O) groups is 2. The van der Waals surface area contributed by atoms with E-state index in [2.05, 4.69) is 105 Å². The third-order valence-electron chi connectivity index (χ3n) is 8.79. The second kappa shape index (κ2) is 41.0. The first-order chi connectivity index (χ1) is 29.0. The third-order valence-corrected chi connectivity index (χ3v) is 9.75. The number of phosphoric ester groups is 1. The summed E-state index contributed by atoms with van der Waals surface area (Å²) in [4.78, 5) is 37.5. The Morgan fingerprint density at radius 2 is 0.983 bits per heavy atom. The van der Waals surface area contributed by atoms with Crippen molar-refractivity contribution in [1.29, 1.82) is 0 Å². The molecule has 0 aromatic rings. The van der Waals surface area contributed by atoms with Gasteiger partial charge in [0.15, 0.2) is 6.10 Å². The molecular formula is C50H82NO8P. The highest BCUT2D eigenvalue weighted by atomic mass is 31.2. The van der Waals surface area contributed by atoms with Gasteiger partial charge >= 0.3 is 11.9 Å². The molecule has 0 bridgehead atoms. The highest BCUT2D eigenvalue weighted by molar-refractivity contribution is 7.45. The maximum atomic E-state index is 12.7. The molecule has 0 aliphatic heterocycles. The number of hydrogen-bond acceptors (Lipinski definition) is 8. The van der Waals surface area contributed by atoms with Gasteiger partial charge in [-0.3, -0.25) is 14.2 Å². The number of likely N-dealkylation sites (N-methyl/N-ethyl adjacent to an activating group) is 1. The summed E-state index contributed by atoms with van der Waals surface area (Å²) >= 11 is 0. The van der Waals surface area contributed by atoms with Crippen molar-refractivity contribution in [3.63, 3.8) is 0 Å². The van der Waals surface area contributed by atoms with Gasteiger partial charge in [-0.05, 0) is 83.5 Å². The number of carbonyl (C=O) groups excluding carboxylic acids is 2. The molecule has 0 saturated carbocycles. The average molecular weight is 856 g/mol. The van der Waals surface area contributed by atoms with Crippen molar-refractivity contribution < 1.29 is 42.1 Å². The second-order valence-corrected chi connectivity index (χ2v) is 17.1. The van der Waals surface area contributed by atoms with E-state index in [0.29, 0.717) is 23.9 Å². The Kier molecular flexibility index (Phi) is 38.8. The third kappa shape index (κ3) is 44.2. The van der Waals surface area contributed by atoms with Crippen LogP contribution in [0.1, 0.15) is 142 Å². The van der Waals surface area contributed by atoms with Gasteiger partial charge < -0.3 is 27.9 Å². The summed E-state index contributed by atoms with van der Waals surface area (Å²) in [5.74, 6) is -1.01. The summed E-state index contributed by atoms with van der Waals surface area (Å²) in [7, 11) is 1.07. The van der Waals surface area contributed by atoms with Crippen LogP contribution in [0.5, 0.6) is 0 Å². The molecule has 340 valence electrons. The van der Waals surface area contributed by atoms with Crippen LogP contribution in [0, 0.1) is 0 Å². The lowest BCUT2D eigenvalue weighted by Gasteiger charge is -2.28. The van der Waals surface area contributed by atoms with Crippen molar-refractivity contribution in [3.8, 4) is 0 Å². The van der Waals surface area contributed by atoms with Gasteiger partial charge in [0, 0.05) is 12.8 Å². The van der Waals surface area contributed by atoms with E-state index < -0.39 is 32.5 Å². The van der Waals surface area contributed by atoms with Gasteiger partial charge in [-0.1, -0.05) is 155 Å². The fourth-order valence-electron chi connectivity index (χ4n) is 5.28. The zero-order chi connectivity index (χ0) is 44.3. The van der Waals surface area contributed by atoms with Crippen LogP contribution in [0.2, 0.25) is 0 Å². The minimum absolute atomic E-state index is 0.0584. The molecule has 0 aromatic heterocycles. The van der Waals surface area contributed by atoms with Crippen LogP contribution in [0.15, 0.2) is 109 Å². The molecule has 1 unspecified atom stereocenters. The lowest BCUT2D eigenvalue weighted by molar-refractivity contribution is -0.870. The van der Waals surface area contributed by atoms with E-state index in [1.165, 1.54) is 38.5 Å². The maximum absolute atomic E-state index is 12.7. The Morgan fingerprint density at radius 3 is 1.48 bits per heavy atom. The number of phosphoric acid groups is 1. The van der Waals surface area contributed by atoms with E-state index in [9.17, 15) is 19.0 Å². The van der Waals surface area contributed by atoms with E-state index in [4.69, 9.17) is 18.5 Å². The quantitative estimate of drug-likeness (QED) is 0.0198. The number of hydrogen-bond donors (Lipinski definition) is 0. The zero-order valence-electron chi connectivity index (χ0n) is 38.1. The normalized spacial score (nSPS) is 14.6. The highest BCUT2D eigenvalue weighted by Gasteiger charge is 2.21. The number of nitrogens with zero attached hydrogens (tertiary/aromatic N) is 1. The zero-order valence-corrected chi connectivity index (χ0v) is 39.0. The van der Waals surface area contributed by atoms with E-state index in [-0.39, 0.29) is 26.1 Å². The Bertz CT molecular complexity index is 1380. The van der Waals surface area contributed by atoms with Gasteiger partial charge in [0.1, 0.15) is 19.8 Å². The fourth-order valence-corrected chi connectivity index (χ4v) is 6.01. The molecule has 2 atom stereocenters. The lowest BCUT2D eigenvalue weighted by Crippen LogP contribution is -2.37. The molecule has 9 nitrogen and oxygen atoms in total. The predicted octanol–water partition coefficient (Wildman–Crippen LogP) is 12.5. The number of esters is 2. The summed E-state index contributed by atoms with van der Waals surface area (Å²) in [6.07, 6.45) is 55.7. The summed E-state index contributed by atoms with van der Waals surface area (Å²) in [6, 6.07) is 0. The number of allylic oxidation sites excluding steroid dienone is 18. The molecule has 0 spiro atoms. The number of unbranched alkanes of at least 4 members (excludes halogenated alkanes) is 7. The van der Waals surface area contributed by atoms with Crippen LogP contribution in [-0.2, 0) is 32.7 Å². The summed E-state index contributed by atoms with van der Waals surface area (Å²) in [6.45, 7) is 3.93. The molecule has 0 aliphatic rings. The van der Waals surface area contributed by atoms with E-state index in [1.807, 2.05) is 39.4 Å². The Labute approximate surface area is 366 Å². The van der Waals surface area contributed by atoms with Gasteiger partial charge in [0.25, 0.3) is 7.82 Å². The van der Waals surface area contributed by atoms with Crippen molar-refractivity contribution in [1.82, 2.24) is 0 Å². The molecule has 0 saturated heterocycles. The average Bonchev–Trinajstić information content (AvgIpc) is 3.20. The molecule has 0 rings (SSSR count). The second-order valence-electron chi connectivity index (χ2n) is 15.7. The standard InChI is InChI=1S/C50H82NO8P/c1-6-8-10-12-14-16-18-20-22-24-25-27-29-31-33-35-37-39-41-43-50(53)59-48(47-58-60(54,55)57-45-44-51(3,4)5)46-56-49(52)42-40-38-36-34-32-30-28-26-23-21-19-17-15-13-11-9-7-2/h8,10,14,16,20-23,25,27-28,30-31,33-34,36-37,39,48H,6-7,9,11-13,15,17-19,24,26,29,32,35,38,40-47H2,1-5H3/b10-8-,16-14-,22-20-,23-21-,27-25-,30-28-,33-31-,36-34-,39-37-/t48-/m1/s1. The van der Waals surface area contributed by atoms with Crippen LogP contribution in [0.4, 0.5) is 0 Å². The first-order valence-corrected chi connectivity index (χ1v) is 24.1. The summed E-state index contributed by atoms with van der Waals surface area (Å²) < 4.78 is 33.7. The van der Waals surface area contributed by atoms with Crippen molar-refractivity contribution in [3.05, 3.63) is 109 Å². The van der Waals surface area contributed by atoms with Crippen molar-refractivity contribution in [2.24, 2.45) is 0 Å². The highest BCUT2D eigenvalue weighted by Crippen LogP contribution is 2.38. The van der Waals surface area contributed by atoms with Gasteiger partial charge in [-0.2, -0.15) is 0 Å². The minimum atomic E-state index is -4.67. The van der Waals surface area contributed by atoms with Gasteiger partial charge in [0.05, 0.1) is 27.7 Å². The fraction of sp³-hybridized carbons (Fsp3) is 0.600. The largest absolute Gasteiger partial charge is 0.756 e. The molecule has 0 N–H and O–H groups in total. The Balaban J connectivity index is 4.58. The first kappa shape index (κ1) is 56.7. The molecule has 0 heterocycles. The van der Waals surface area contributed by atoms with Crippen LogP contribution in [-0.4, -0.2) is 70.0 Å². The van der Waals surface area contributed by atoms with E-state index in [1.54, 1.807) is 0 Å². The Morgan fingerprint density at radius 1 is 0.533 bits per heavy atom. The monoisotopic (exact) mass is 856 g/mol. The molecule has 0 amide bonds. The molecule has 0 fully saturated rings. The summed E-state index contributed by atoms with van der Waals surface area (Å²) in [5, 5.41) is 0. The predicted molar refractivity (Wildman–Crippen MR) is 249 cm³/mol. The first-order valence-electron chi connectivity index (χ1n) is 22.6. The topological polar surface area (TPSA) is 111 Å². The minimum Gasteiger partial charge on any atom is -0.756 e. The summed E-state index contributed by atoms with van der Waals surface area (Å²) in [5.41, 5.74) is 0. The SMILES string of the molecule is CC/C=C\C/C=C\C/C=C\C/C=C\C/C=C\C/C=C\CCC(=O)O[C@H](COC(=O)CCC/C=C\C/C=C\C/C=C\CCCCCCCC)COP(=O)([O-])OCC[N+](C)(C)C. The number of ether oxygens (including phenoxy) is 2. The molecule has 0 aromatic carbocycles. The van der Waals surface area contributed by atoms with Crippen LogP contribution < -0.4 is 4.89 Å². The lowest BCUT2D eigenvalue weighted by atomic mass is 10.1. The maximum Gasteiger partial charge on any atom is 0.306 e. The molecular weight excluding hydrogens is 774 g/mol. The molecule has 0 radical (unpaired) electrons. The number of rotatable bonds is 39. The van der Waals surface area contributed by atoms with Crippen LogP contribution in [0.3, 0.4) is 0 Å².